The van der Waals surface area contributed by atoms with Crippen LogP contribution in [-0.2, 0) is 4.79 Å². The molecule has 1 atom stereocenters. The first-order valence-corrected chi connectivity index (χ1v) is 7.18. The van der Waals surface area contributed by atoms with Crippen LogP contribution in [0.2, 0.25) is 5.15 Å². The van der Waals surface area contributed by atoms with Gasteiger partial charge in [0.15, 0.2) is 5.78 Å². The maximum atomic E-state index is 12.4. The second-order valence-electron chi connectivity index (χ2n) is 5.27. The number of amides is 1. The van der Waals surface area contributed by atoms with Crippen molar-refractivity contribution in [3.8, 4) is 0 Å². The maximum Gasteiger partial charge on any atom is 0.271 e. The van der Waals surface area contributed by atoms with Crippen LogP contribution in [0.15, 0.2) is 30.3 Å². The van der Waals surface area contributed by atoms with E-state index >= 15 is 0 Å². The predicted molar refractivity (Wildman–Crippen MR) is 83.5 cm³/mol. The zero-order valence-corrected chi connectivity index (χ0v) is 12.9. The average Bonchev–Trinajstić information content (AvgIpc) is 2.45. The van der Waals surface area contributed by atoms with Crippen molar-refractivity contribution in [2.75, 3.05) is 0 Å². The van der Waals surface area contributed by atoms with E-state index in [1.54, 1.807) is 26.8 Å². The number of halogens is 1. The Labute approximate surface area is 128 Å². The topological polar surface area (TPSA) is 59.1 Å². The number of nitrogens with one attached hydrogen (secondary N) is 1. The van der Waals surface area contributed by atoms with E-state index in [4.69, 9.17) is 11.6 Å². The molecule has 4 nitrogen and oxygen atoms in total. The predicted octanol–water partition coefficient (Wildman–Crippen LogP) is 3.23. The quantitative estimate of drug-likeness (QED) is 0.882. The summed E-state index contributed by atoms with van der Waals surface area (Å²) in [6, 6.07) is 8.52. The Morgan fingerprint density at radius 2 is 1.86 bits per heavy atom. The highest BCUT2D eigenvalue weighted by molar-refractivity contribution is 6.30. The molecule has 0 saturated heterocycles. The van der Waals surface area contributed by atoms with E-state index < -0.39 is 11.9 Å². The van der Waals surface area contributed by atoms with Gasteiger partial charge >= 0.3 is 0 Å². The van der Waals surface area contributed by atoms with Gasteiger partial charge in [-0.2, -0.15) is 0 Å². The molecule has 0 bridgehead atoms. The maximum absolute atomic E-state index is 12.4. The Morgan fingerprint density at radius 1 is 1.19 bits per heavy atom. The fourth-order valence-corrected chi connectivity index (χ4v) is 2.38. The van der Waals surface area contributed by atoms with Crippen LogP contribution in [0.25, 0.3) is 10.8 Å². The Kier molecular flexibility index (Phi) is 4.58. The molecule has 0 aliphatic carbocycles. The lowest BCUT2D eigenvalue weighted by Crippen LogP contribution is -2.40. The van der Waals surface area contributed by atoms with Gasteiger partial charge in [0.2, 0.25) is 0 Å². The summed E-state index contributed by atoms with van der Waals surface area (Å²) in [4.78, 5) is 28.3. The van der Waals surface area contributed by atoms with Crippen molar-refractivity contribution < 1.29 is 9.59 Å². The van der Waals surface area contributed by atoms with Crippen molar-refractivity contribution >= 4 is 34.1 Å². The van der Waals surface area contributed by atoms with Gasteiger partial charge in [0.05, 0.1) is 6.04 Å². The van der Waals surface area contributed by atoms with Crippen LogP contribution in [-0.4, -0.2) is 22.7 Å². The standard InChI is InChI=1S/C16H17ClN2O2/c1-9(2)15(20)10(3)18-16(21)14-12-7-5-4-6-11(12)8-13(17)19-14/h4-10H,1-3H3,(H,18,21)/t10-/m0/s1. The SMILES string of the molecule is CC(C)C(=O)[C@H](C)NC(=O)c1nc(Cl)cc2ccccc12. The number of rotatable bonds is 4. The highest BCUT2D eigenvalue weighted by Gasteiger charge is 2.21. The third kappa shape index (κ3) is 3.39. The highest BCUT2D eigenvalue weighted by Crippen LogP contribution is 2.21. The Balaban J connectivity index is 2.34. The molecule has 2 rings (SSSR count). The molecule has 1 aromatic heterocycles. The lowest BCUT2D eigenvalue weighted by atomic mass is 10.0. The van der Waals surface area contributed by atoms with Crippen LogP contribution in [0.3, 0.4) is 0 Å². The highest BCUT2D eigenvalue weighted by atomic mass is 35.5. The number of nitrogens with zero attached hydrogens (tertiary/aromatic N) is 1. The summed E-state index contributed by atoms with van der Waals surface area (Å²) in [6.07, 6.45) is 0. The molecular formula is C16H17ClN2O2. The van der Waals surface area contributed by atoms with Gasteiger partial charge in [-0.1, -0.05) is 49.7 Å². The summed E-state index contributed by atoms with van der Waals surface area (Å²) in [5, 5.41) is 4.49. The number of aromatic nitrogens is 1. The minimum atomic E-state index is -0.558. The number of hydrogen-bond acceptors (Lipinski definition) is 3. The second-order valence-corrected chi connectivity index (χ2v) is 5.65. The summed E-state index contributed by atoms with van der Waals surface area (Å²) in [5.74, 6) is -0.547. The van der Waals surface area contributed by atoms with E-state index in [0.717, 1.165) is 5.39 Å². The summed E-state index contributed by atoms with van der Waals surface area (Å²) in [6.45, 7) is 5.28. The summed E-state index contributed by atoms with van der Waals surface area (Å²) in [7, 11) is 0. The summed E-state index contributed by atoms with van der Waals surface area (Å²) >= 11 is 5.96. The number of hydrogen-bond donors (Lipinski definition) is 1. The number of benzene rings is 1. The molecule has 0 spiro atoms. The monoisotopic (exact) mass is 304 g/mol. The zero-order valence-electron chi connectivity index (χ0n) is 12.2. The number of carbonyl (C=O) groups excluding carboxylic acids is 2. The molecule has 0 radical (unpaired) electrons. The Bertz CT molecular complexity index is 698. The van der Waals surface area contributed by atoms with Crippen LogP contribution >= 0.6 is 11.6 Å². The van der Waals surface area contributed by atoms with Gasteiger partial charge in [0, 0.05) is 11.3 Å². The molecule has 2 aromatic rings. The fraction of sp³-hybridized carbons (Fsp3) is 0.312. The van der Waals surface area contributed by atoms with Crippen LogP contribution in [0.5, 0.6) is 0 Å². The van der Waals surface area contributed by atoms with E-state index in [9.17, 15) is 9.59 Å². The molecule has 0 aliphatic rings. The molecule has 21 heavy (non-hydrogen) atoms. The average molecular weight is 305 g/mol. The normalized spacial score (nSPS) is 12.4. The Morgan fingerprint density at radius 3 is 2.52 bits per heavy atom. The van der Waals surface area contributed by atoms with Gasteiger partial charge in [-0.3, -0.25) is 9.59 Å². The third-order valence-electron chi connectivity index (χ3n) is 3.27. The van der Waals surface area contributed by atoms with Crippen LogP contribution < -0.4 is 5.32 Å². The lowest BCUT2D eigenvalue weighted by molar-refractivity contribution is -0.123. The van der Waals surface area contributed by atoms with Gasteiger partial charge in [0.1, 0.15) is 10.8 Å². The summed E-state index contributed by atoms with van der Waals surface area (Å²) < 4.78 is 0. The molecule has 0 unspecified atom stereocenters. The van der Waals surface area contributed by atoms with E-state index in [1.165, 1.54) is 0 Å². The third-order valence-corrected chi connectivity index (χ3v) is 3.46. The molecule has 1 N–H and O–H groups in total. The van der Waals surface area contributed by atoms with Gasteiger partial charge in [-0.15, -0.1) is 0 Å². The van der Waals surface area contributed by atoms with E-state index in [-0.39, 0.29) is 22.5 Å². The molecule has 0 fully saturated rings. The lowest BCUT2D eigenvalue weighted by Gasteiger charge is -2.15. The zero-order chi connectivity index (χ0) is 15.6. The number of Topliss-reactive ketones (excluding diaryl/α,β-unsaturated/α-hetero) is 1. The second kappa shape index (κ2) is 6.22. The first-order valence-electron chi connectivity index (χ1n) is 6.80. The Hall–Kier alpha value is -1.94. The van der Waals surface area contributed by atoms with Crippen molar-refractivity contribution in [3.63, 3.8) is 0 Å². The molecule has 5 heteroatoms. The molecule has 1 heterocycles. The van der Waals surface area contributed by atoms with Gasteiger partial charge in [-0.05, 0) is 18.4 Å². The number of ketones is 1. The van der Waals surface area contributed by atoms with Crippen LogP contribution in [0.1, 0.15) is 31.3 Å². The molecule has 1 amide bonds. The van der Waals surface area contributed by atoms with Crippen molar-refractivity contribution in [2.45, 2.75) is 26.8 Å². The van der Waals surface area contributed by atoms with Crippen molar-refractivity contribution in [1.29, 1.82) is 0 Å². The smallest absolute Gasteiger partial charge is 0.271 e. The van der Waals surface area contributed by atoms with Crippen molar-refractivity contribution in [3.05, 3.63) is 41.2 Å². The van der Waals surface area contributed by atoms with Crippen LogP contribution in [0.4, 0.5) is 0 Å². The molecule has 0 saturated carbocycles. The first-order chi connectivity index (χ1) is 9.90. The largest absolute Gasteiger partial charge is 0.341 e. The molecule has 110 valence electrons. The first kappa shape index (κ1) is 15.4. The number of fused-ring (bicyclic) bond motifs is 1. The molecule has 0 aliphatic heterocycles. The molecule has 1 aromatic carbocycles. The van der Waals surface area contributed by atoms with E-state index in [2.05, 4.69) is 10.3 Å². The number of carbonyl (C=O) groups is 2. The van der Waals surface area contributed by atoms with Crippen molar-refractivity contribution in [1.82, 2.24) is 10.3 Å². The van der Waals surface area contributed by atoms with Gasteiger partial charge < -0.3 is 5.32 Å². The minimum Gasteiger partial charge on any atom is -0.341 e. The summed E-state index contributed by atoms with van der Waals surface area (Å²) in [5.41, 5.74) is 0.238. The van der Waals surface area contributed by atoms with Gasteiger partial charge in [0.25, 0.3) is 5.91 Å². The van der Waals surface area contributed by atoms with E-state index in [0.29, 0.717) is 5.39 Å². The number of pyridine rings is 1. The minimum absolute atomic E-state index is 0.0188. The van der Waals surface area contributed by atoms with Crippen molar-refractivity contribution in [2.24, 2.45) is 5.92 Å². The molecular weight excluding hydrogens is 288 g/mol. The fourth-order valence-electron chi connectivity index (χ4n) is 2.18. The van der Waals surface area contributed by atoms with E-state index in [1.807, 2.05) is 24.3 Å². The van der Waals surface area contributed by atoms with Gasteiger partial charge in [-0.25, -0.2) is 4.98 Å². The van der Waals surface area contributed by atoms with Crippen LogP contribution in [0, 0.1) is 5.92 Å².